The van der Waals surface area contributed by atoms with E-state index in [2.05, 4.69) is 21.1 Å². The van der Waals surface area contributed by atoms with Crippen molar-refractivity contribution in [2.75, 3.05) is 20.3 Å². The van der Waals surface area contributed by atoms with Crippen LogP contribution >= 0.6 is 0 Å². The summed E-state index contributed by atoms with van der Waals surface area (Å²) < 4.78 is 9.80. The standard InChI is InChI=1S/C22H24N4O7/c1-14-9-16(5-8-18(14)21(29)30)11-24-26-20(28)13-33-12-19(27)25-23-10-15-3-6-17(7-4-15)22(31)32-2/h3-11,22,31H,12-13H2,1-2H3,(H,25,27)(H,26,28)(H,29,30). The summed E-state index contributed by atoms with van der Waals surface area (Å²) >= 11 is 0. The molecule has 33 heavy (non-hydrogen) atoms. The van der Waals surface area contributed by atoms with E-state index in [1.807, 2.05) is 0 Å². The van der Waals surface area contributed by atoms with Gasteiger partial charge in [0.05, 0.1) is 18.0 Å². The monoisotopic (exact) mass is 456 g/mol. The van der Waals surface area contributed by atoms with Crippen LogP contribution in [0.4, 0.5) is 0 Å². The number of nitrogens with one attached hydrogen (secondary N) is 2. The van der Waals surface area contributed by atoms with Gasteiger partial charge < -0.3 is 19.7 Å². The van der Waals surface area contributed by atoms with Gasteiger partial charge in [-0.2, -0.15) is 10.2 Å². The van der Waals surface area contributed by atoms with Gasteiger partial charge in [0.2, 0.25) is 0 Å². The molecule has 0 aromatic heterocycles. The third-order valence-corrected chi connectivity index (χ3v) is 4.20. The van der Waals surface area contributed by atoms with Crippen molar-refractivity contribution in [2.24, 2.45) is 10.2 Å². The molecule has 2 aromatic rings. The molecule has 11 heteroatoms. The molecule has 1 atom stereocenters. The van der Waals surface area contributed by atoms with Crippen LogP contribution in [0.5, 0.6) is 0 Å². The number of benzene rings is 2. The number of carboxylic acid groups (broad SMARTS) is 1. The first-order valence-corrected chi connectivity index (χ1v) is 9.66. The van der Waals surface area contributed by atoms with Crippen LogP contribution in [-0.4, -0.2) is 60.7 Å². The molecule has 2 rings (SSSR count). The summed E-state index contributed by atoms with van der Waals surface area (Å²) in [6, 6.07) is 11.3. The second kappa shape index (κ2) is 12.8. The summed E-state index contributed by atoms with van der Waals surface area (Å²) in [5, 5.41) is 26.1. The van der Waals surface area contributed by atoms with Crippen LogP contribution in [0.25, 0.3) is 0 Å². The number of nitrogens with zero attached hydrogens (tertiary/aromatic N) is 2. The van der Waals surface area contributed by atoms with Crippen molar-refractivity contribution in [1.29, 1.82) is 0 Å². The Morgan fingerprint density at radius 1 is 0.970 bits per heavy atom. The quantitative estimate of drug-likeness (QED) is 0.222. The van der Waals surface area contributed by atoms with Crippen molar-refractivity contribution in [1.82, 2.24) is 10.9 Å². The number of aryl methyl sites for hydroxylation is 1. The number of aliphatic hydroxyl groups is 1. The fourth-order valence-corrected chi connectivity index (χ4v) is 2.55. The first-order chi connectivity index (χ1) is 15.8. The van der Waals surface area contributed by atoms with Gasteiger partial charge in [-0.25, -0.2) is 15.6 Å². The number of amides is 2. The van der Waals surface area contributed by atoms with Gasteiger partial charge in [-0.15, -0.1) is 0 Å². The summed E-state index contributed by atoms with van der Waals surface area (Å²) in [6.07, 6.45) is 1.76. The highest BCUT2D eigenvalue weighted by atomic mass is 16.6. The van der Waals surface area contributed by atoms with Gasteiger partial charge in [0.15, 0.2) is 6.29 Å². The number of hydrazone groups is 2. The smallest absolute Gasteiger partial charge is 0.335 e. The molecule has 1 unspecified atom stereocenters. The molecule has 0 bridgehead atoms. The molecular weight excluding hydrogens is 432 g/mol. The van der Waals surface area contributed by atoms with Crippen LogP contribution in [0.1, 0.15) is 38.9 Å². The fraction of sp³-hybridized carbons (Fsp3) is 0.227. The number of carbonyl (C=O) groups excluding carboxylic acids is 2. The number of aromatic carboxylic acids is 1. The normalized spacial score (nSPS) is 12.1. The van der Waals surface area contributed by atoms with Gasteiger partial charge in [0.25, 0.3) is 11.8 Å². The Balaban J connectivity index is 1.68. The van der Waals surface area contributed by atoms with Crippen LogP contribution in [-0.2, 0) is 19.1 Å². The molecule has 0 radical (unpaired) electrons. The minimum Gasteiger partial charge on any atom is -0.478 e. The van der Waals surface area contributed by atoms with Crippen molar-refractivity contribution in [3.8, 4) is 0 Å². The molecule has 0 fully saturated rings. The largest absolute Gasteiger partial charge is 0.478 e. The molecule has 0 saturated carbocycles. The topological polar surface area (TPSA) is 159 Å². The van der Waals surface area contributed by atoms with E-state index in [0.29, 0.717) is 22.3 Å². The first kappa shape index (κ1) is 25.3. The molecule has 0 aliphatic heterocycles. The molecule has 2 amide bonds. The SMILES string of the molecule is COC(O)c1ccc(C=NNC(=O)COCC(=O)NN=Cc2ccc(C(=O)O)c(C)c2)cc1. The molecule has 0 aliphatic carbocycles. The lowest BCUT2D eigenvalue weighted by Crippen LogP contribution is -2.28. The Bertz CT molecular complexity index is 1040. The van der Waals surface area contributed by atoms with Gasteiger partial charge in [0.1, 0.15) is 13.2 Å². The van der Waals surface area contributed by atoms with Crippen LogP contribution in [0.15, 0.2) is 52.7 Å². The Kier molecular flexibility index (Phi) is 9.83. The fourth-order valence-electron chi connectivity index (χ4n) is 2.55. The average molecular weight is 456 g/mol. The first-order valence-electron chi connectivity index (χ1n) is 9.66. The van der Waals surface area contributed by atoms with E-state index in [-0.39, 0.29) is 12.2 Å². The minimum absolute atomic E-state index is 0.187. The molecule has 174 valence electrons. The van der Waals surface area contributed by atoms with Crippen molar-refractivity contribution in [2.45, 2.75) is 13.2 Å². The zero-order chi connectivity index (χ0) is 24.2. The Labute approximate surface area is 189 Å². The number of carbonyl (C=O) groups is 3. The minimum atomic E-state index is -1.02. The summed E-state index contributed by atoms with van der Waals surface area (Å²) in [4.78, 5) is 34.4. The van der Waals surface area contributed by atoms with Crippen molar-refractivity contribution in [3.63, 3.8) is 0 Å². The summed E-state index contributed by atoms with van der Waals surface area (Å²) in [6.45, 7) is 0.879. The highest BCUT2D eigenvalue weighted by molar-refractivity contribution is 5.91. The lowest BCUT2D eigenvalue weighted by atomic mass is 10.1. The van der Waals surface area contributed by atoms with Gasteiger partial charge >= 0.3 is 5.97 Å². The molecule has 0 heterocycles. The average Bonchev–Trinajstić information content (AvgIpc) is 2.79. The number of hydrogen-bond acceptors (Lipinski definition) is 8. The third kappa shape index (κ3) is 8.61. The van der Waals surface area contributed by atoms with E-state index in [9.17, 15) is 19.5 Å². The number of methoxy groups -OCH3 is 1. The van der Waals surface area contributed by atoms with E-state index in [4.69, 9.17) is 14.6 Å². The molecule has 4 N–H and O–H groups in total. The second-order valence-corrected chi connectivity index (χ2v) is 6.71. The summed E-state index contributed by atoms with van der Waals surface area (Å²) in [5.74, 6) is -2.14. The number of hydrogen-bond donors (Lipinski definition) is 4. The molecular formula is C22H24N4O7. The molecule has 2 aromatic carbocycles. The molecule has 0 spiro atoms. The van der Waals surface area contributed by atoms with Crippen LogP contribution in [0, 0.1) is 6.92 Å². The Hall–Kier alpha value is -3.93. The zero-order valence-corrected chi connectivity index (χ0v) is 18.0. The molecule has 11 nitrogen and oxygen atoms in total. The van der Waals surface area contributed by atoms with E-state index in [0.717, 1.165) is 0 Å². The predicted molar refractivity (Wildman–Crippen MR) is 119 cm³/mol. The maximum Gasteiger partial charge on any atom is 0.335 e. The predicted octanol–water partition coefficient (Wildman–Crippen LogP) is 0.948. The van der Waals surface area contributed by atoms with Gasteiger partial charge in [-0.1, -0.05) is 30.3 Å². The van der Waals surface area contributed by atoms with Crippen molar-refractivity contribution < 1.29 is 34.1 Å². The van der Waals surface area contributed by atoms with Crippen LogP contribution in [0.2, 0.25) is 0 Å². The van der Waals surface area contributed by atoms with Gasteiger partial charge in [-0.05, 0) is 35.7 Å². The number of aliphatic hydroxyl groups excluding tert-OH is 1. The van der Waals surface area contributed by atoms with Crippen molar-refractivity contribution in [3.05, 3.63) is 70.3 Å². The zero-order valence-electron chi connectivity index (χ0n) is 18.0. The summed E-state index contributed by atoms with van der Waals surface area (Å²) in [5.41, 5.74) is 7.15. The summed E-state index contributed by atoms with van der Waals surface area (Å²) in [7, 11) is 1.39. The lowest BCUT2D eigenvalue weighted by Gasteiger charge is -2.08. The highest BCUT2D eigenvalue weighted by Gasteiger charge is 2.07. The van der Waals surface area contributed by atoms with E-state index in [1.54, 1.807) is 43.3 Å². The van der Waals surface area contributed by atoms with Crippen molar-refractivity contribution >= 4 is 30.2 Å². The Morgan fingerprint density at radius 2 is 1.52 bits per heavy atom. The van der Waals surface area contributed by atoms with Crippen LogP contribution in [0.3, 0.4) is 0 Å². The van der Waals surface area contributed by atoms with E-state index in [1.165, 1.54) is 25.6 Å². The van der Waals surface area contributed by atoms with E-state index >= 15 is 0 Å². The maximum absolute atomic E-state index is 11.7. The number of rotatable bonds is 11. The lowest BCUT2D eigenvalue weighted by molar-refractivity contribution is -0.130. The third-order valence-electron chi connectivity index (χ3n) is 4.20. The Morgan fingerprint density at radius 3 is 2.03 bits per heavy atom. The van der Waals surface area contributed by atoms with Crippen LogP contribution < -0.4 is 10.9 Å². The maximum atomic E-state index is 11.7. The van der Waals surface area contributed by atoms with Gasteiger partial charge in [0, 0.05) is 12.7 Å². The number of ether oxygens (including phenoxy) is 2. The van der Waals surface area contributed by atoms with Gasteiger partial charge in [-0.3, -0.25) is 9.59 Å². The van der Waals surface area contributed by atoms with E-state index < -0.39 is 30.7 Å². The molecule has 0 aliphatic rings. The number of carboxylic acids is 1. The molecule has 0 saturated heterocycles. The second-order valence-electron chi connectivity index (χ2n) is 6.71. The highest BCUT2D eigenvalue weighted by Crippen LogP contribution is 2.13.